The first kappa shape index (κ1) is 20.0. The van der Waals surface area contributed by atoms with Crippen molar-refractivity contribution < 1.29 is 32.9 Å². The molecule has 0 saturated heterocycles. The Morgan fingerprint density at radius 3 is 2.33 bits per heavy atom. The Hall–Kier alpha value is -3.29. The summed E-state index contributed by atoms with van der Waals surface area (Å²) in [4.78, 5) is 23.9. The third-order valence-electron chi connectivity index (χ3n) is 3.49. The van der Waals surface area contributed by atoms with Crippen LogP contribution in [0.15, 0.2) is 42.5 Å². The number of hydrogen-bond acceptors (Lipinski definition) is 6. The van der Waals surface area contributed by atoms with Crippen molar-refractivity contribution in [1.29, 1.82) is 0 Å². The Morgan fingerprint density at radius 2 is 1.70 bits per heavy atom. The van der Waals surface area contributed by atoms with Crippen LogP contribution in [0.5, 0.6) is 17.2 Å². The molecule has 0 aromatic heterocycles. The average Bonchev–Trinajstić information content (AvgIpc) is 2.68. The molecule has 0 bridgehead atoms. The summed E-state index contributed by atoms with van der Waals surface area (Å²) in [5.41, 5.74) is 0.412. The molecule has 0 heterocycles. The first-order chi connectivity index (χ1) is 12.9. The van der Waals surface area contributed by atoms with Gasteiger partial charge in [0.05, 0.1) is 19.9 Å². The number of methoxy groups -OCH3 is 2. The lowest BCUT2D eigenvalue weighted by Crippen LogP contribution is -2.29. The molecular formula is C19H20FNO6. The van der Waals surface area contributed by atoms with Gasteiger partial charge < -0.3 is 24.3 Å². The molecule has 27 heavy (non-hydrogen) atoms. The molecule has 0 fully saturated rings. The molecule has 0 radical (unpaired) electrons. The molecule has 0 saturated carbocycles. The highest BCUT2D eigenvalue weighted by molar-refractivity contribution is 5.94. The molecule has 2 aromatic rings. The lowest BCUT2D eigenvalue weighted by molar-refractivity contribution is -0.153. The van der Waals surface area contributed by atoms with Crippen LogP contribution in [-0.2, 0) is 14.3 Å². The van der Waals surface area contributed by atoms with Crippen molar-refractivity contribution in [1.82, 2.24) is 0 Å². The lowest BCUT2D eigenvalue weighted by atomic mass is 10.2. The van der Waals surface area contributed by atoms with Gasteiger partial charge in [-0.2, -0.15) is 0 Å². The molecule has 7 nitrogen and oxygen atoms in total. The van der Waals surface area contributed by atoms with Crippen molar-refractivity contribution >= 4 is 17.6 Å². The summed E-state index contributed by atoms with van der Waals surface area (Å²) >= 11 is 0. The standard InChI is InChI=1S/C19H20FNO6/c1-12(27-14-6-4-13(20)5-7-14)19(23)26-11-18(22)21-16-9-8-15(24-2)10-17(16)25-3/h4-10,12H,11H2,1-3H3,(H,21,22)/t12-/m0/s1. The molecule has 0 unspecified atom stereocenters. The topological polar surface area (TPSA) is 83.1 Å². The van der Waals surface area contributed by atoms with Crippen molar-refractivity contribution in [2.75, 3.05) is 26.1 Å². The van der Waals surface area contributed by atoms with E-state index < -0.39 is 30.4 Å². The minimum absolute atomic E-state index is 0.313. The normalized spacial score (nSPS) is 11.3. The van der Waals surface area contributed by atoms with Gasteiger partial charge in [-0.05, 0) is 43.3 Å². The second-order valence-corrected chi connectivity index (χ2v) is 5.44. The summed E-state index contributed by atoms with van der Waals surface area (Å²) < 4.78 is 33.4. The van der Waals surface area contributed by atoms with Crippen molar-refractivity contribution in [2.24, 2.45) is 0 Å². The fraction of sp³-hybridized carbons (Fsp3) is 0.263. The second kappa shape index (κ2) is 9.42. The van der Waals surface area contributed by atoms with Crippen molar-refractivity contribution in [2.45, 2.75) is 13.0 Å². The Morgan fingerprint density at radius 1 is 1.04 bits per heavy atom. The zero-order valence-electron chi connectivity index (χ0n) is 15.2. The molecule has 0 aliphatic heterocycles. The zero-order chi connectivity index (χ0) is 19.8. The van der Waals surface area contributed by atoms with E-state index in [1.165, 1.54) is 45.4 Å². The van der Waals surface area contributed by atoms with E-state index in [1.807, 2.05) is 0 Å². The van der Waals surface area contributed by atoms with Gasteiger partial charge in [0.2, 0.25) is 0 Å². The third-order valence-corrected chi connectivity index (χ3v) is 3.49. The number of carbonyl (C=O) groups is 2. The van der Waals surface area contributed by atoms with Gasteiger partial charge in [-0.1, -0.05) is 0 Å². The smallest absolute Gasteiger partial charge is 0.347 e. The number of halogens is 1. The van der Waals surface area contributed by atoms with E-state index in [0.717, 1.165) is 0 Å². The fourth-order valence-corrected chi connectivity index (χ4v) is 2.11. The van der Waals surface area contributed by atoms with Gasteiger partial charge in [0.15, 0.2) is 12.7 Å². The zero-order valence-corrected chi connectivity index (χ0v) is 15.2. The first-order valence-corrected chi connectivity index (χ1v) is 8.03. The summed E-state index contributed by atoms with van der Waals surface area (Å²) in [5.74, 6) is -0.390. The summed E-state index contributed by atoms with van der Waals surface area (Å²) in [6, 6.07) is 10.1. The molecule has 1 amide bonds. The van der Waals surface area contributed by atoms with Gasteiger partial charge in [-0.15, -0.1) is 0 Å². The molecule has 2 rings (SSSR count). The van der Waals surface area contributed by atoms with Crippen LogP contribution in [-0.4, -0.2) is 38.8 Å². The quantitative estimate of drug-likeness (QED) is 0.713. The van der Waals surface area contributed by atoms with E-state index >= 15 is 0 Å². The molecule has 1 atom stereocenters. The van der Waals surface area contributed by atoms with Gasteiger partial charge in [0.1, 0.15) is 23.1 Å². The maximum absolute atomic E-state index is 12.9. The molecule has 0 aliphatic carbocycles. The van der Waals surface area contributed by atoms with Gasteiger partial charge in [-0.25, -0.2) is 9.18 Å². The predicted octanol–water partition coefficient (Wildman–Crippen LogP) is 2.79. The Labute approximate surface area is 156 Å². The van der Waals surface area contributed by atoms with Crippen molar-refractivity contribution in [3.05, 3.63) is 48.3 Å². The molecule has 144 valence electrons. The Balaban J connectivity index is 1.85. The van der Waals surface area contributed by atoms with E-state index in [0.29, 0.717) is 22.9 Å². The highest BCUT2D eigenvalue weighted by Gasteiger charge is 2.18. The van der Waals surface area contributed by atoms with Crippen LogP contribution >= 0.6 is 0 Å². The van der Waals surface area contributed by atoms with Gasteiger partial charge in [0.25, 0.3) is 5.91 Å². The monoisotopic (exact) mass is 377 g/mol. The number of esters is 1. The first-order valence-electron chi connectivity index (χ1n) is 8.03. The van der Waals surface area contributed by atoms with Crippen molar-refractivity contribution in [3.63, 3.8) is 0 Å². The number of rotatable bonds is 8. The van der Waals surface area contributed by atoms with Crippen molar-refractivity contribution in [3.8, 4) is 17.2 Å². The van der Waals surface area contributed by atoms with Crippen LogP contribution in [0, 0.1) is 5.82 Å². The van der Waals surface area contributed by atoms with Gasteiger partial charge in [-0.3, -0.25) is 4.79 Å². The molecule has 1 N–H and O–H groups in total. The molecule has 2 aromatic carbocycles. The van der Waals surface area contributed by atoms with Crippen LogP contribution in [0.25, 0.3) is 0 Å². The summed E-state index contributed by atoms with van der Waals surface area (Å²) in [5, 5.41) is 2.58. The van der Waals surface area contributed by atoms with E-state index in [1.54, 1.807) is 18.2 Å². The lowest BCUT2D eigenvalue weighted by Gasteiger charge is -2.14. The SMILES string of the molecule is COc1ccc(NC(=O)COC(=O)[C@H](C)Oc2ccc(F)cc2)c(OC)c1. The summed E-state index contributed by atoms with van der Waals surface area (Å²) in [6.07, 6.45) is -0.959. The van der Waals surface area contributed by atoms with E-state index in [-0.39, 0.29) is 0 Å². The van der Waals surface area contributed by atoms with Crippen LogP contribution in [0.4, 0.5) is 10.1 Å². The van der Waals surface area contributed by atoms with Crippen LogP contribution < -0.4 is 19.5 Å². The van der Waals surface area contributed by atoms with Gasteiger partial charge >= 0.3 is 5.97 Å². The highest BCUT2D eigenvalue weighted by Crippen LogP contribution is 2.28. The summed E-state index contributed by atoms with van der Waals surface area (Å²) in [6.45, 7) is 0.973. The predicted molar refractivity (Wildman–Crippen MR) is 95.6 cm³/mol. The Kier molecular flexibility index (Phi) is 6.99. The molecule has 0 aliphatic rings. The molecule has 8 heteroatoms. The third kappa shape index (κ3) is 5.88. The number of benzene rings is 2. The maximum atomic E-state index is 12.9. The molecule has 0 spiro atoms. The van der Waals surface area contributed by atoms with Gasteiger partial charge in [0, 0.05) is 6.07 Å². The van der Waals surface area contributed by atoms with E-state index in [4.69, 9.17) is 18.9 Å². The highest BCUT2D eigenvalue weighted by atomic mass is 19.1. The number of nitrogens with one attached hydrogen (secondary N) is 1. The van der Waals surface area contributed by atoms with Crippen LogP contribution in [0.2, 0.25) is 0 Å². The second-order valence-electron chi connectivity index (χ2n) is 5.44. The number of carbonyl (C=O) groups excluding carboxylic acids is 2. The fourth-order valence-electron chi connectivity index (χ4n) is 2.11. The maximum Gasteiger partial charge on any atom is 0.347 e. The summed E-state index contributed by atoms with van der Waals surface area (Å²) in [7, 11) is 2.97. The number of amides is 1. The number of hydrogen-bond donors (Lipinski definition) is 1. The van der Waals surface area contributed by atoms with E-state index in [9.17, 15) is 14.0 Å². The number of ether oxygens (including phenoxy) is 4. The van der Waals surface area contributed by atoms with E-state index in [2.05, 4.69) is 5.32 Å². The minimum atomic E-state index is -0.959. The molecular weight excluding hydrogens is 357 g/mol. The van der Waals surface area contributed by atoms with Crippen LogP contribution in [0.1, 0.15) is 6.92 Å². The average molecular weight is 377 g/mol. The minimum Gasteiger partial charge on any atom is -0.497 e. The number of anilines is 1. The van der Waals surface area contributed by atoms with Crippen LogP contribution in [0.3, 0.4) is 0 Å². The Bertz CT molecular complexity index is 793. The largest absolute Gasteiger partial charge is 0.497 e.